The summed E-state index contributed by atoms with van der Waals surface area (Å²) in [6.07, 6.45) is 0. The topological polar surface area (TPSA) is 42.2 Å². The minimum absolute atomic E-state index is 0.141. The summed E-state index contributed by atoms with van der Waals surface area (Å²) in [6, 6.07) is 11.8. The third-order valence-electron chi connectivity index (χ3n) is 2.96. The summed E-state index contributed by atoms with van der Waals surface area (Å²) < 4.78 is 24.3. The summed E-state index contributed by atoms with van der Waals surface area (Å²) in [6.45, 7) is 0.142. The molecule has 5 heteroatoms. The number of nitrogens with zero attached hydrogens (tertiary/aromatic N) is 1. The molecule has 0 amide bonds. The Balaban J connectivity index is 2.19. The van der Waals surface area contributed by atoms with Gasteiger partial charge in [0.1, 0.15) is 18.4 Å². The molecule has 0 aliphatic rings. The van der Waals surface area contributed by atoms with Crippen molar-refractivity contribution in [2.45, 2.75) is 12.5 Å². The van der Waals surface area contributed by atoms with Gasteiger partial charge in [0.25, 0.3) is 0 Å². The van der Waals surface area contributed by atoms with Crippen molar-refractivity contribution in [3.63, 3.8) is 0 Å². The maximum atomic E-state index is 13.7. The Morgan fingerprint density at radius 3 is 2.76 bits per heavy atom. The van der Waals surface area contributed by atoms with Crippen LogP contribution in [-0.4, -0.2) is 7.11 Å². The first-order chi connectivity index (χ1) is 10.2. The van der Waals surface area contributed by atoms with Crippen LogP contribution >= 0.6 is 11.6 Å². The molecule has 108 valence electrons. The highest BCUT2D eigenvalue weighted by molar-refractivity contribution is 6.17. The van der Waals surface area contributed by atoms with Gasteiger partial charge in [-0.3, -0.25) is 0 Å². The van der Waals surface area contributed by atoms with Crippen LogP contribution < -0.4 is 9.47 Å². The zero-order valence-electron chi connectivity index (χ0n) is 11.4. The van der Waals surface area contributed by atoms with E-state index in [-0.39, 0.29) is 18.2 Å². The summed E-state index contributed by atoms with van der Waals surface area (Å²) >= 11 is 5.77. The normalized spacial score (nSPS) is 10.0. The van der Waals surface area contributed by atoms with Crippen LogP contribution in [0.1, 0.15) is 16.7 Å². The minimum atomic E-state index is -0.456. The van der Waals surface area contributed by atoms with Gasteiger partial charge in [-0.25, -0.2) is 4.39 Å². The molecule has 0 atom stereocenters. The summed E-state index contributed by atoms with van der Waals surface area (Å²) in [7, 11) is 1.50. The van der Waals surface area contributed by atoms with Crippen molar-refractivity contribution >= 4 is 11.6 Å². The number of halogens is 2. The molecule has 2 aromatic rings. The van der Waals surface area contributed by atoms with Gasteiger partial charge in [-0.05, 0) is 23.8 Å². The zero-order valence-corrected chi connectivity index (χ0v) is 12.2. The lowest BCUT2D eigenvalue weighted by Gasteiger charge is -2.11. The van der Waals surface area contributed by atoms with E-state index < -0.39 is 5.82 Å². The molecule has 0 bridgehead atoms. The Hall–Kier alpha value is -2.25. The number of nitriles is 1. The van der Waals surface area contributed by atoms with Crippen LogP contribution in [0.2, 0.25) is 0 Å². The van der Waals surface area contributed by atoms with Gasteiger partial charge in [0.05, 0.1) is 18.6 Å². The molecule has 0 aromatic heterocycles. The highest BCUT2D eigenvalue weighted by Crippen LogP contribution is 2.26. The maximum Gasteiger partial charge on any atom is 0.165 e. The molecule has 3 nitrogen and oxygen atoms in total. The van der Waals surface area contributed by atoms with Crippen molar-refractivity contribution in [1.29, 1.82) is 5.26 Å². The van der Waals surface area contributed by atoms with Crippen LogP contribution in [-0.2, 0) is 12.5 Å². The third-order valence-corrected chi connectivity index (χ3v) is 3.25. The van der Waals surface area contributed by atoms with Crippen molar-refractivity contribution in [2.24, 2.45) is 0 Å². The molecule has 0 N–H and O–H groups in total. The number of benzene rings is 2. The van der Waals surface area contributed by atoms with Crippen LogP contribution in [0.4, 0.5) is 4.39 Å². The second-order valence-corrected chi connectivity index (χ2v) is 4.56. The van der Waals surface area contributed by atoms with E-state index in [4.69, 9.17) is 26.3 Å². The Morgan fingerprint density at radius 2 is 2.10 bits per heavy atom. The number of rotatable bonds is 5. The Morgan fingerprint density at radius 1 is 1.29 bits per heavy atom. The first-order valence-corrected chi connectivity index (χ1v) is 6.76. The van der Waals surface area contributed by atoms with Crippen molar-refractivity contribution < 1.29 is 13.9 Å². The molecule has 21 heavy (non-hydrogen) atoms. The standard InChI is InChI=1S/C16H13ClFNO2/c1-20-15-6-5-11(7-13(15)9-19)10-21-16-12(8-17)3-2-4-14(16)18/h2-7H,8,10H2,1H3. The van der Waals surface area contributed by atoms with E-state index in [0.29, 0.717) is 16.9 Å². The van der Waals surface area contributed by atoms with Crippen LogP contribution in [0.25, 0.3) is 0 Å². The van der Waals surface area contributed by atoms with Crippen LogP contribution in [0, 0.1) is 17.1 Å². The van der Waals surface area contributed by atoms with Gasteiger partial charge in [0.2, 0.25) is 0 Å². The first-order valence-electron chi connectivity index (χ1n) is 6.22. The number of ether oxygens (including phenoxy) is 2. The number of methoxy groups -OCH3 is 1. The molecule has 0 fully saturated rings. The predicted octanol–water partition coefficient (Wildman–Crippen LogP) is 4.02. The Bertz CT molecular complexity index is 682. The van der Waals surface area contributed by atoms with Crippen LogP contribution in [0.15, 0.2) is 36.4 Å². The molecule has 0 radical (unpaired) electrons. The molecular formula is C16H13ClFNO2. The number of alkyl halides is 1. The average Bonchev–Trinajstić information content (AvgIpc) is 2.53. The van der Waals surface area contributed by atoms with Gasteiger partial charge in [0.15, 0.2) is 11.6 Å². The Labute approximate surface area is 127 Å². The summed E-state index contributed by atoms with van der Waals surface area (Å²) in [4.78, 5) is 0. The van der Waals surface area contributed by atoms with E-state index in [0.717, 1.165) is 5.56 Å². The van der Waals surface area contributed by atoms with E-state index in [1.807, 2.05) is 6.07 Å². The van der Waals surface area contributed by atoms with Gasteiger partial charge in [-0.15, -0.1) is 11.6 Å². The smallest absolute Gasteiger partial charge is 0.165 e. The molecule has 0 heterocycles. The lowest BCUT2D eigenvalue weighted by Crippen LogP contribution is -2.01. The van der Waals surface area contributed by atoms with Crippen molar-refractivity contribution in [2.75, 3.05) is 7.11 Å². The first kappa shape index (κ1) is 15.1. The fraction of sp³-hybridized carbons (Fsp3) is 0.188. The van der Waals surface area contributed by atoms with E-state index in [1.54, 1.807) is 30.3 Å². The SMILES string of the molecule is COc1ccc(COc2c(F)cccc2CCl)cc1C#N. The molecule has 0 saturated carbocycles. The second-order valence-electron chi connectivity index (χ2n) is 4.30. The Kier molecular flexibility index (Phi) is 5.02. The lowest BCUT2D eigenvalue weighted by molar-refractivity contribution is 0.287. The van der Waals surface area contributed by atoms with Gasteiger partial charge < -0.3 is 9.47 Å². The van der Waals surface area contributed by atoms with E-state index >= 15 is 0 Å². The predicted molar refractivity (Wildman–Crippen MR) is 78.0 cm³/mol. The maximum absolute atomic E-state index is 13.7. The molecule has 0 unspecified atom stereocenters. The van der Waals surface area contributed by atoms with Gasteiger partial charge in [-0.2, -0.15) is 5.26 Å². The van der Waals surface area contributed by atoms with Gasteiger partial charge in [0, 0.05) is 5.56 Å². The van der Waals surface area contributed by atoms with Gasteiger partial charge >= 0.3 is 0 Å². The van der Waals surface area contributed by atoms with Gasteiger partial charge in [-0.1, -0.05) is 18.2 Å². The average molecular weight is 306 g/mol. The van der Waals surface area contributed by atoms with E-state index in [1.165, 1.54) is 13.2 Å². The van der Waals surface area contributed by atoms with Crippen molar-refractivity contribution in [1.82, 2.24) is 0 Å². The van der Waals surface area contributed by atoms with Crippen molar-refractivity contribution in [3.05, 3.63) is 58.9 Å². The summed E-state index contributed by atoms with van der Waals surface area (Å²) in [5.41, 5.74) is 1.74. The highest BCUT2D eigenvalue weighted by Gasteiger charge is 2.10. The van der Waals surface area contributed by atoms with Crippen molar-refractivity contribution in [3.8, 4) is 17.6 Å². The molecule has 2 rings (SSSR count). The lowest BCUT2D eigenvalue weighted by atomic mass is 10.1. The molecule has 0 aliphatic heterocycles. The molecule has 2 aromatic carbocycles. The monoisotopic (exact) mass is 305 g/mol. The quantitative estimate of drug-likeness (QED) is 0.783. The van der Waals surface area contributed by atoms with Crippen LogP contribution in [0.3, 0.4) is 0 Å². The third kappa shape index (κ3) is 3.45. The molecule has 0 aliphatic carbocycles. The van der Waals surface area contributed by atoms with Crippen LogP contribution in [0.5, 0.6) is 11.5 Å². The number of hydrogen-bond acceptors (Lipinski definition) is 3. The fourth-order valence-electron chi connectivity index (χ4n) is 1.91. The molecular weight excluding hydrogens is 293 g/mol. The zero-order chi connectivity index (χ0) is 15.2. The van der Waals surface area contributed by atoms with E-state index in [9.17, 15) is 4.39 Å². The summed E-state index contributed by atoms with van der Waals surface area (Å²) in [5.74, 6) is 0.344. The highest BCUT2D eigenvalue weighted by atomic mass is 35.5. The number of para-hydroxylation sites is 1. The summed E-state index contributed by atoms with van der Waals surface area (Å²) in [5, 5.41) is 9.04. The molecule has 0 saturated heterocycles. The largest absolute Gasteiger partial charge is 0.495 e. The second kappa shape index (κ2) is 6.96. The van der Waals surface area contributed by atoms with E-state index in [2.05, 4.69) is 0 Å². The molecule has 0 spiro atoms. The minimum Gasteiger partial charge on any atom is -0.495 e. The number of hydrogen-bond donors (Lipinski definition) is 0. The fourth-order valence-corrected chi connectivity index (χ4v) is 2.12.